The lowest BCUT2D eigenvalue weighted by atomic mass is 10.0. The molecule has 0 fully saturated rings. The third-order valence-corrected chi connectivity index (χ3v) is 3.03. The fraction of sp³-hybridized carbons (Fsp3) is 0.200. The molecule has 0 radical (unpaired) electrons. The van der Waals surface area contributed by atoms with Crippen LogP contribution in [0.25, 0.3) is 11.3 Å². The van der Waals surface area contributed by atoms with E-state index in [0.717, 1.165) is 4.68 Å². The van der Waals surface area contributed by atoms with Gasteiger partial charge in [0.15, 0.2) is 5.78 Å². The van der Waals surface area contributed by atoms with Crippen LogP contribution in [0, 0.1) is 11.3 Å². The van der Waals surface area contributed by atoms with Crippen LogP contribution in [0.15, 0.2) is 35.1 Å². The van der Waals surface area contributed by atoms with Crippen molar-refractivity contribution in [2.75, 3.05) is 5.73 Å². The summed E-state index contributed by atoms with van der Waals surface area (Å²) >= 11 is 0. The molecule has 0 spiro atoms. The largest absolute Gasteiger partial charge is 0.394 e. The average Bonchev–Trinajstić information content (AvgIpc) is 2.49. The van der Waals surface area contributed by atoms with Crippen LogP contribution in [-0.4, -0.2) is 15.6 Å². The topological polar surface area (TPSA) is 102 Å². The van der Waals surface area contributed by atoms with Crippen molar-refractivity contribution in [2.24, 2.45) is 0 Å². The predicted octanol–water partition coefficient (Wildman–Crippen LogP) is 1.61. The molecule has 0 aliphatic carbocycles. The van der Waals surface area contributed by atoms with Gasteiger partial charge in [-0.15, -0.1) is 0 Å². The van der Waals surface area contributed by atoms with E-state index in [2.05, 4.69) is 5.10 Å². The van der Waals surface area contributed by atoms with E-state index in [1.54, 1.807) is 12.1 Å². The Hall–Kier alpha value is -2.94. The van der Waals surface area contributed by atoms with Gasteiger partial charge in [-0.2, -0.15) is 10.4 Å². The number of nitrogens with two attached hydrogens (primary N) is 1. The molecule has 0 saturated heterocycles. The van der Waals surface area contributed by atoms with Crippen LogP contribution in [0.4, 0.5) is 5.69 Å². The van der Waals surface area contributed by atoms with E-state index in [9.17, 15) is 9.59 Å². The Bertz CT molecular complexity index is 773. The molecule has 6 heteroatoms. The molecule has 0 aliphatic rings. The average molecular weight is 282 g/mol. The third kappa shape index (κ3) is 2.82. The molecule has 0 bridgehead atoms. The van der Waals surface area contributed by atoms with Gasteiger partial charge in [0.1, 0.15) is 11.4 Å². The van der Waals surface area contributed by atoms with Gasteiger partial charge >= 0.3 is 0 Å². The van der Waals surface area contributed by atoms with Gasteiger partial charge in [0, 0.05) is 5.56 Å². The van der Waals surface area contributed by atoms with Gasteiger partial charge in [-0.1, -0.05) is 30.3 Å². The lowest BCUT2D eigenvalue weighted by molar-refractivity contribution is 0.101. The summed E-state index contributed by atoms with van der Waals surface area (Å²) in [5.41, 5.74) is 6.32. The van der Waals surface area contributed by atoms with Gasteiger partial charge in [0.2, 0.25) is 0 Å². The second-order valence-corrected chi connectivity index (χ2v) is 4.50. The number of hydrogen-bond acceptors (Lipinski definition) is 5. The molecule has 1 aromatic carbocycles. The molecule has 0 atom stereocenters. The summed E-state index contributed by atoms with van der Waals surface area (Å²) in [5.74, 6) is -0.316. The molecule has 2 aromatic rings. The lowest BCUT2D eigenvalue weighted by Crippen LogP contribution is -2.29. The molecule has 2 N–H and O–H groups in total. The zero-order valence-corrected chi connectivity index (χ0v) is 11.5. The van der Waals surface area contributed by atoms with Crippen molar-refractivity contribution in [3.63, 3.8) is 0 Å². The molecule has 0 unspecified atom stereocenters. The van der Waals surface area contributed by atoms with Crippen molar-refractivity contribution in [1.29, 1.82) is 5.26 Å². The number of nitrogen functional groups attached to an aromatic ring is 1. The Labute approximate surface area is 121 Å². The number of nitriles is 1. The van der Waals surface area contributed by atoms with Crippen molar-refractivity contribution in [3.8, 4) is 17.3 Å². The number of nitrogens with zero attached hydrogens (tertiary/aromatic N) is 3. The summed E-state index contributed by atoms with van der Waals surface area (Å²) in [4.78, 5) is 23.9. The normalized spacial score (nSPS) is 10.1. The zero-order chi connectivity index (χ0) is 15.4. The number of carbonyl (C=O) groups is 1. The van der Waals surface area contributed by atoms with E-state index in [1.807, 2.05) is 24.3 Å². The van der Waals surface area contributed by atoms with Crippen LogP contribution >= 0.6 is 0 Å². The molecular formula is C15H14N4O2. The predicted molar refractivity (Wildman–Crippen MR) is 78.6 cm³/mol. The van der Waals surface area contributed by atoms with E-state index in [1.165, 1.54) is 6.92 Å². The van der Waals surface area contributed by atoms with Crippen LogP contribution in [0.5, 0.6) is 0 Å². The summed E-state index contributed by atoms with van der Waals surface area (Å²) in [5, 5.41) is 12.9. The standard InChI is InChI=1S/C15H14N4O2/c1-10(20)12-13(17)15(21)19(9-5-8-16)18-14(12)11-6-3-2-4-7-11/h2-4,6-7H,5,9,17H2,1H3. The van der Waals surface area contributed by atoms with Gasteiger partial charge in [-0.05, 0) is 6.92 Å². The van der Waals surface area contributed by atoms with Crippen molar-refractivity contribution >= 4 is 11.5 Å². The highest BCUT2D eigenvalue weighted by Gasteiger charge is 2.19. The van der Waals surface area contributed by atoms with Gasteiger partial charge in [-0.25, -0.2) is 4.68 Å². The molecule has 2 rings (SSSR count). The van der Waals surface area contributed by atoms with E-state index in [-0.39, 0.29) is 30.0 Å². The van der Waals surface area contributed by atoms with Crippen LogP contribution < -0.4 is 11.3 Å². The maximum Gasteiger partial charge on any atom is 0.290 e. The number of benzene rings is 1. The maximum absolute atomic E-state index is 12.1. The Morgan fingerprint density at radius 2 is 2.05 bits per heavy atom. The fourth-order valence-corrected chi connectivity index (χ4v) is 2.05. The van der Waals surface area contributed by atoms with Crippen LogP contribution in [0.2, 0.25) is 0 Å². The second kappa shape index (κ2) is 6.01. The van der Waals surface area contributed by atoms with Crippen molar-refractivity contribution in [3.05, 3.63) is 46.2 Å². The number of rotatable bonds is 4. The summed E-state index contributed by atoms with van der Waals surface area (Å²) < 4.78 is 1.13. The first-order chi connectivity index (χ1) is 10.1. The first-order valence-electron chi connectivity index (χ1n) is 6.40. The van der Waals surface area contributed by atoms with E-state index in [4.69, 9.17) is 11.0 Å². The Kier molecular flexibility index (Phi) is 4.14. The van der Waals surface area contributed by atoms with Gasteiger partial charge in [0.25, 0.3) is 5.56 Å². The summed E-state index contributed by atoms with van der Waals surface area (Å²) in [6, 6.07) is 11.0. The van der Waals surface area contributed by atoms with Crippen molar-refractivity contribution < 1.29 is 4.79 Å². The molecule has 1 heterocycles. The molecular weight excluding hydrogens is 268 g/mol. The van der Waals surface area contributed by atoms with Crippen molar-refractivity contribution in [2.45, 2.75) is 19.9 Å². The number of anilines is 1. The van der Waals surface area contributed by atoms with Gasteiger partial charge in [-0.3, -0.25) is 9.59 Å². The number of ketones is 1. The minimum atomic E-state index is -0.546. The minimum absolute atomic E-state index is 0.124. The molecule has 1 aromatic heterocycles. The molecule has 106 valence electrons. The number of carbonyl (C=O) groups excluding carboxylic acids is 1. The minimum Gasteiger partial charge on any atom is -0.394 e. The van der Waals surface area contributed by atoms with Gasteiger partial charge in [0.05, 0.1) is 24.6 Å². The SMILES string of the molecule is CC(=O)c1c(-c2ccccc2)nn(CCC#N)c(=O)c1N. The van der Waals surface area contributed by atoms with E-state index < -0.39 is 5.56 Å². The zero-order valence-electron chi connectivity index (χ0n) is 11.5. The molecule has 0 saturated carbocycles. The first kappa shape index (κ1) is 14.5. The number of aryl methyl sites for hydroxylation is 1. The highest BCUT2D eigenvalue weighted by atomic mass is 16.1. The molecule has 6 nitrogen and oxygen atoms in total. The highest BCUT2D eigenvalue weighted by molar-refractivity contribution is 6.04. The first-order valence-corrected chi connectivity index (χ1v) is 6.40. The Balaban J connectivity index is 2.72. The van der Waals surface area contributed by atoms with Gasteiger partial charge < -0.3 is 5.73 Å². The number of aromatic nitrogens is 2. The maximum atomic E-state index is 12.1. The number of Topliss-reactive ketones (excluding diaryl/α,β-unsaturated/α-hetero) is 1. The monoisotopic (exact) mass is 282 g/mol. The van der Waals surface area contributed by atoms with Crippen LogP contribution in [0.1, 0.15) is 23.7 Å². The fourth-order valence-electron chi connectivity index (χ4n) is 2.05. The second-order valence-electron chi connectivity index (χ2n) is 4.50. The molecule has 0 aliphatic heterocycles. The molecule has 0 amide bonds. The lowest BCUT2D eigenvalue weighted by Gasteiger charge is -2.12. The Morgan fingerprint density at radius 1 is 1.38 bits per heavy atom. The quantitative estimate of drug-likeness (QED) is 0.858. The summed E-state index contributed by atoms with van der Waals surface area (Å²) in [6.45, 7) is 1.48. The molecule has 21 heavy (non-hydrogen) atoms. The summed E-state index contributed by atoms with van der Waals surface area (Å²) in [6.07, 6.45) is 0.139. The smallest absolute Gasteiger partial charge is 0.290 e. The van der Waals surface area contributed by atoms with Crippen LogP contribution in [0.3, 0.4) is 0 Å². The van der Waals surface area contributed by atoms with Crippen molar-refractivity contribution in [1.82, 2.24) is 9.78 Å². The van der Waals surface area contributed by atoms with E-state index in [0.29, 0.717) is 11.3 Å². The number of hydrogen-bond donors (Lipinski definition) is 1. The Morgan fingerprint density at radius 3 is 2.62 bits per heavy atom. The third-order valence-electron chi connectivity index (χ3n) is 3.03. The summed E-state index contributed by atoms with van der Waals surface area (Å²) in [7, 11) is 0. The van der Waals surface area contributed by atoms with Crippen LogP contribution in [-0.2, 0) is 6.54 Å². The van der Waals surface area contributed by atoms with E-state index >= 15 is 0 Å². The highest BCUT2D eigenvalue weighted by Crippen LogP contribution is 2.23.